The number of hydrogen-bond acceptors (Lipinski definition) is 2. The van der Waals surface area contributed by atoms with Gasteiger partial charge >= 0.3 is 0 Å². The summed E-state index contributed by atoms with van der Waals surface area (Å²) in [5.41, 5.74) is 6.08. The quantitative estimate of drug-likeness (QED) is 0.751. The maximum atomic E-state index is 11.7. The van der Waals surface area contributed by atoms with Crippen LogP contribution in [0.4, 0.5) is 0 Å². The van der Waals surface area contributed by atoms with E-state index in [4.69, 9.17) is 5.73 Å². The highest BCUT2D eigenvalue weighted by Gasteiger charge is 2.35. The first-order valence-corrected chi connectivity index (χ1v) is 6.15. The Hall–Kier alpha value is -0.570. The lowest BCUT2D eigenvalue weighted by Gasteiger charge is -2.37. The lowest BCUT2D eigenvalue weighted by Crippen LogP contribution is -2.41. The van der Waals surface area contributed by atoms with Gasteiger partial charge in [-0.15, -0.1) is 0 Å². The van der Waals surface area contributed by atoms with Gasteiger partial charge in [0, 0.05) is 13.1 Å². The average molecular weight is 210 g/mol. The van der Waals surface area contributed by atoms with E-state index in [0.29, 0.717) is 5.41 Å². The third kappa shape index (κ3) is 2.33. The van der Waals surface area contributed by atoms with Gasteiger partial charge in [-0.2, -0.15) is 0 Å². The molecular weight excluding hydrogens is 188 g/mol. The molecule has 2 rings (SSSR count). The van der Waals surface area contributed by atoms with Gasteiger partial charge in [-0.25, -0.2) is 0 Å². The monoisotopic (exact) mass is 210 g/mol. The predicted octanol–water partition coefficient (Wildman–Crippen LogP) is 1.52. The lowest BCUT2D eigenvalue weighted by molar-refractivity contribution is -0.130. The zero-order chi connectivity index (χ0) is 10.9. The van der Waals surface area contributed by atoms with Crippen LogP contribution in [0.15, 0.2) is 0 Å². The van der Waals surface area contributed by atoms with Crippen LogP contribution in [0.2, 0.25) is 0 Å². The molecule has 1 aliphatic carbocycles. The average Bonchev–Trinajstić information content (AvgIpc) is 2.50. The Bertz CT molecular complexity index is 246. The highest BCUT2D eigenvalue weighted by Crippen LogP contribution is 2.37. The molecule has 2 fully saturated rings. The summed E-state index contributed by atoms with van der Waals surface area (Å²) in [7, 11) is 0. The maximum absolute atomic E-state index is 11.7. The van der Waals surface area contributed by atoms with Crippen molar-refractivity contribution >= 4 is 5.91 Å². The van der Waals surface area contributed by atoms with Crippen LogP contribution < -0.4 is 5.73 Å². The molecular formula is C12H22N2O. The van der Waals surface area contributed by atoms with E-state index in [1.807, 2.05) is 4.90 Å². The van der Waals surface area contributed by atoms with Crippen molar-refractivity contribution in [3.05, 3.63) is 0 Å². The molecule has 2 N–H and O–H groups in total. The van der Waals surface area contributed by atoms with Gasteiger partial charge in [0.15, 0.2) is 0 Å². The smallest absolute Gasteiger partial charge is 0.239 e. The fraction of sp³-hybridized carbons (Fsp3) is 0.917. The Labute approximate surface area is 92.0 Å². The molecule has 86 valence electrons. The van der Waals surface area contributed by atoms with E-state index in [1.165, 1.54) is 32.1 Å². The fourth-order valence-electron chi connectivity index (χ4n) is 2.94. The molecule has 0 spiro atoms. The Morgan fingerprint density at radius 1 is 1.40 bits per heavy atom. The summed E-state index contributed by atoms with van der Waals surface area (Å²) < 4.78 is 0. The second kappa shape index (κ2) is 4.12. The van der Waals surface area contributed by atoms with Crippen molar-refractivity contribution in [1.29, 1.82) is 0 Å². The van der Waals surface area contributed by atoms with Crippen LogP contribution in [-0.4, -0.2) is 29.9 Å². The summed E-state index contributed by atoms with van der Waals surface area (Å²) in [6.07, 6.45) is 7.39. The number of likely N-dealkylation sites (tertiary alicyclic amines) is 1. The number of hydrogen-bond donors (Lipinski definition) is 1. The predicted molar refractivity (Wildman–Crippen MR) is 60.4 cm³/mol. The second-order valence-corrected chi connectivity index (χ2v) is 5.53. The zero-order valence-corrected chi connectivity index (χ0v) is 9.67. The molecule has 0 radical (unpaired) electrons. The highest BCUT2D eigenvalue weighted by atomic mass is 16.2. The minimum Gasteiger partial charge on any atom is -0.341 e. The number of nitrogens with zero attached hydrogens (tertiary/aromatic N) is 1. The zero-order valence-electron chi connectivity index (χ0n) is 9.67. The van der Waals surface area contributed by atoms with E-state index in [0.717, 1.165) is 19.5 Å². The molecule has 1 atom stereocenters. The van der Waals surface area contributed by atoms with Crippen molar-refractivity contribution in [2.75, 3.05) is 13.1 Å². The topological polar surface area (TPSA) is 46.3 Å². The van der Waals surface area contributed by atoms with Crippen LogP contribution in [0.3, 0.4) is 0 Å². The van der Waals surface area contributed by atoms with Crippen molar-refractivity contribution in [3.8, 4) is 0 Å². The lowest BCUT2D eigenvalue weighted by atomic mass is 9.75. The van der Waals surface area contributed by atoms with E-state index >= 15 is 0 Å². The van der Waals surface area contributed by atoms with Gasteiger partial charge in [-0.05, 0) is 24.7 Å². The molecule has 1 heterocycles. The SMILES string of the molecule is CC1(CN2CCC(N)C2=O)CCCCC1. The Morgan fingerprint density at radius 3 is 2.60 bits per heavy atom. The van der Waals surface area contributed by atoms with Gasteiger partial charge in [-0.1, -0.05) is 26.2 Å². The fourth-order valence-corrected chi connectivity index (χ4v) is 2.94. The normalized spacial score (nSPS) is 30.9. The largest absolute Gasteiger partial charge is 0.341 e. The summed E-state index contributed by atoms with van der Waals surface area (Å²) in [5.74, 6) is 0.168. The van der Waals surface area contributed by atoms with E-state index < -0.39 is 0 Å². The molecule has 0 aromatic heterocycles. The van der Waals surface area contributed by atoms with Crippen molar-refractivity contribution in [1.82, 2.24) is 4.90 Å². The third-order valence-corrected chi connectivity index (χ3v) is 3.97. The van der Waals surface area contributed by atoms with Crippen molar-refractivity contribution < 1.29 is 4.79 Å². The first-order valence-electron chi connectivity index (χ1n) is 6.15. The van der Waals surface area contributed by atoms with E-state index in [-0.39, 0.29) is 11.9 Å². The summed E-state index contributed by atoms with van der Waals surface area (Å²) in [6.45, 7) is 4.12. The van der Waals surface area contributed by atoms with Crippen LogP contribution in [0.25, 0.3) is 0 Å². The minimum absolute atomic E-state index is 0.168. The Balaban J connectivity index is 1.93. The van der Waals surface area contributed by atoms with Crippen LogP contribution >= 0.6 is 0 Å². The summed E-state index contributed by atoms with van der Waals surface area (Å²) in [5, 5.41) is 0. The van der Waals surface area contributed by atoms with Gasteiger partial charge in [0.05, 0.1) is 6.04 Å². The number of amides is 1. The van der Waals surface area contributed by atoms with E-state index in [9.17, 15) is 4.79 Å². The van der Waals surface area contributed by atoms with E-state index in [1.54, 1.807) is 0 Å². The van der Waals surface area contributed by atoms with Crippen LogP contribution in [0.1, 0.15) is 45.4 Å². The van der Waals surface area contributed by atoms with Gasteiger partial charge in [0.2, 0.25) is 5.91 Å². The molecule has 0 bridgehead atoms. The summed E-state index contributed by atoms with van der Waals surface area (Å²) >= 11 is 0. The molecule has 1 aliphatic heterocycles. The molecule has 2 aliphatic rings. The molecule has 1 unspecified atom stereocenters. The molecule has 15 heavy (non-hydrogen) atoms. The van der Waals surface area contributed by atoms with Crippen molar-refractivity contribution in [2.24, 2.45) is 11.1 Å². The van der Waals surface area contributed by atoms with Gasteiger partial charge in [0.1, 0.15) is 0 Å². The molecule has 3 heteroatoms. The molecule has 0 aromatic rings. The van der Waals surface area contributed by atoms with Gasteiger partial charge in [-0.3, -0.25) is 4.79 Å². The van der Waals surface area contributed by atoms with Crippen molar-refractivity contribution in [3.63, 3.8) is 0 Å². The first kappa shape index (κ1) is 10.9. The molecule has 0 aromatic carbocycles. The van der Waals surface area contributed by atoms with Crippen LogP contribution in [0.5, 0.6) is 0 Å². The Kier molecular flexibility index (Phi) is 3.01. The Morgan fingerprint density at radius 2 is 2.07 bits per heavy atom. The highest BCUT2D eigenvalue weighted by molar-refractivity contribution is 5.83. The second-order valence-electron chi connectivity index (χ2n) is 5.53. The number of nitrogens with two attached hydrogens (primary N) is 1. The minimum atomic E-state index is -0.225. The van der Waals surface area contributed by atoms with Crippen LogP contribution in [-0.2, 0) is 4.79 Å². The third-order valence-electron chi connectivity index (χ3n) is 3.97. The molecule has 1 amide bonds. The summed E-state index contributed by atoms with van der Waals surface area (Å²) in [6, 6.07) is -0.225. The van der Waals surface area contributed by atoms with E-state index in [2.05, 4.69) is 6.92 Å². The molecule has 1 saturated heterocycles. The first-order chi connectivity index (χ1) is 7.11. The number of carbonyl (C=O) groups excluding carboxylic acids is 1. The standard InChI is InChI=1S/C12H22N2O/c1-12(6-3-2-4-7-12)9-14-8-5-10(13)11(14)15/h10H,2-9,13H2,1H3. The van der Waals surface area contributed by atoms with Crippen molar-refractivity contribution in [2.45, 2.75) is 51.5 Å². The van der Waals surface area contributed by atoms with Crippen LogP contribution in [0, 0.1) is 5.41 Å². The molecule has 3 nitrogen and oxygen atoms in total. The van der Waals surface area contributed by atoms with Gasteiger partial charge < -0.3 is 10.6 Å². The maximum Gasteiger partial charge on any atom is 0.239 e. The summed E-state index contributed by atoms with van der Waals surface area (Å²) in [4.78, 5) is 13.7. The van der Waals surface area contributed by atoms with Gasteiger partial charge in [0.25, 0.3) is 0 Å². The molecule has 1 saturated carbocycles. The number of rotatable bonds is 2. The number of carbonyl (C=O) groups is 1.